The van der Waals surface area contributed by atoms with Gasteiger partial charge in [0.25, 0.3) is 0 Å². The predicted molar refractivity (Wildman–Crippen MR) is 130 cm³/mol. The molecule has 2 aliphatic heterocycles. The van der Waals surface area contributed by atoms with Gasteiger partial charge < -0.3 is 24.9 Å². The number of guanidine groups is 1. The molecule has 0 bridgehead atoms. The highest BCUT2D eigenvalue weighted by molar-refractivity contribution is 14.0. The van der Waals surface area contributed by atoms with Crippen LogP contribution in [0.5, 0.6) is 0 Å². The zero-order chi connectivity index (χ0) is 18.9. The molecule has 0 amide bonds. The molecule has 28 heavy (non-hydrogen) atoms. The summed E-state index contributed by atoms with van der Waals surface area (Å²) in [4.78, 5) is 14.4. The van der Waals surface area contributed by atoms with Crippen LogP contribution in [0.2, 0.25) is 0 Å². The summed E-state index contributed by atoms with van der Waals surface area (Å²) in [6.07, 6.45) is 2.46. The number of nitrogens with one attached hydrogen (secondary N) is 1. The molecule has 1 aromatic rings. The Kier molecular flexibility index (Phi) is 10.4. The summed E-state index contributed by atoms with van der Waals surface area (Å²) in [7, 11) is 4.11. The first-order valence-electron chi connectivity index (χ1n) is 10.4. The SMILES string of the molecule is CN=C(NCCCCN1CCN(C)CC1)N1CCN(c2ccccc2)CC1.I. The summed E-state index contributed by atoms with van der Waals surface area (Å²) < 4.78 is 0. The third kappa shape index (κ3) is 7.08. The van der Waals surface area contributed by atoms with Crippen LogP contribution >= 0.6 is 24.0 Å². The second kappa shape index (κ2) is 12.5. The maximum atomic E-state index is 4.50. The van der Waals surface area contributed by atoms with E-state index in [1.54, 1.807) is 0 Å². The number of para-hydroxylation sites is 1. The molecule has 0 aliphatic carbocycles. The van der Waals surface area contributed by atoms with Crippen molar-refractivity contribution in [3.8, 4) is 0 Å². The molecule has 158 valence electrons. The topological polar surface area (TPSA) is 37.4 Å². The van der Waals surface area contributed by atoms with E-state index in [1.165, 1.54) is 51.3 Å². The predicted octanol–water partition coefficient (Wildman–Crippen LogP) is 2.03. The number of likely N-dealkylation sites (N-methyl/N-ethyl adjacent to an activating group) is 1. The standard InChI is InChI=1S/C21H36N6.HI/c1-22-21(23-10-6-7-11-25-14-12-24(2)13-15-25)27-18-16-26(17-19-27)20-8-4-3-5-9-20;/h3-5,8-9H,6-7,10-19H2,1-2H3,(H,22,23);1H. The van der Waals surface area contributed by atoms with E-state index in [1.807, 2.05) is 7.05 Å². The number of unbranched alkanes of at least 4 members (excludes halogenated alkanes) is 1. The fourth-order valence-electron chi connectivity index (χ4n) is 3.88. The van der Waals surface area contributed by atoms with Crippen molar-refractivity contribution in [2.24, 2.45) is 4.99 Å². The molecule has 0 saturated carbocycles. The van der Waals surface area contributed by atoms with Crippen LogP contribution < -0.4 is 10.2 Å². The number of hydrogen-bond donors (Lipinski definition) is 1. The molecule has 3 rings (SSSR count). The van der Waals surface area contributed by atoms with Gasteiger partial charge in [0.15, 0.2) is 5.96 Å². The molecule has 2 saturated heterocycles. The molecule has 0 aromatic heterocycles. The minimum absolute atomic E-state index is 0. The third-order valence-electron chi connectivity index (χ3n) is 5.69. The fourth-order valence-corrected chi connectivity index (χ4v) is 3.88. The van der Waals surface area contributed by atoms with Gasteiger partial charge in [0, 0.05) is 71.6 Å². The molecule has 0 spiro atoms. The van der Waals surface area contributed by atoms with Crippen LogP contribution in [0, 0.1) is 0 Å². The average Bonchev–Trinajstić information content (AvgIpc) is 2.73. The second-order valence-corrected chi connectivity index (χ2v) is 7.64. The molecule has 1 aromatic carbocycles. The van der Waals surface area contributed by atoms with Crippen molar-refractivity contribution in [1.82, 2.24) is 20.0 Å². The molecular formula is C21H37IN6. The molecule has 7 heteroatoms. The van der Waals surface area contributed by atoms with Gasteiger partial charge in [0.05, 0.1) is 0 Å². The van der Waals surface area contributed by atoms with Crippen molar-refractivity contribution in [3.63, 3.8) is 0 Å². The molecule has 1 N–H and O–H groups in total. The lowest BCUT2D eigenvalue weighted by Gasteiger charge is -2.37. The van der Waals surface area contributed by atoms with E-state index >= 15 is 0 Å². The number of rotatable bonds is 6. The van der Waals surface area contributed by atoms with E-state index < -0.39 is 0 Å². The molecule has 0 radical (unpaired) electrons. The molecule has 2 heterocycles. The zero-order valence-corrected chi connectivity index (χ0v) is 19.8. The van der Waals surface area contributed by atoms with Gasteiger partial charge >= 0.3 is 0 Å². The number of halogens is 1. The minimum Gasteiger partial charge on any atom is -0.368 e. The van der Waals surface area contributed by atoms with E-state index in [4.69, 9.17) is 0 Å². The van der Waals surface area contributed by atoms with Crippen LogP contribution in [0.1, 0.15) is 12.8 Å². The Morgan fingerprint density at radius 2 is 1.61 bits per heavy atom. The molecule has 2 aliphatic rings. The lowest BCUT2D eigenvalue weighted by molar-refractivity contribution is 0.152. The van der Waals surface area contributed by atoms with Crippen LogP contribution in [-0.4, -0.2) is 100 Å². The first-order valence-corrected chi connectivity index (χ1v) is 10.4. The Morgan fingerprint density at radius 3 is 2.25 bits per heavy atom. The maximum Gasteiger partial charge on any atom is 0.193 e. The van der Waals surface area contributed by atoms with Gasteiger partial charge in [-0.2, -0.15) is 0 Å². The van der Waals surface area contributed by atoms with Gasteiger partial charge in [-0.1, -0.05) is 18.2 Å². The summed E-state index contributed by atoms with van der Waals surface area (Å²) in [5.41, 5.74) is 1.32. The van der Waals surface area contributed by atoms with Crippen molar-refractivity contribution >= 4 is 35.6 Å². The van der Waals surface area contributed by atoms with Gasteiger partial charge in [-0.25, -0.2) is 0 Å². The first kappa shape index (κ1) is 23.2. The Morgan fingerprint density at radius 1 is 0.929 bits per heavy atom. The van der Waals surface area contributed by atoms with E-state index in [0.29, 0.717) is 0 Å². The Balaban J connectivity index is 0.00000280. The normalized spacial score (nSPS) is 19.4. The molecule has 0 atom stereocenters. The van der Waals surface area contributed by atoms with E-state index in [-0.39, 0.29) is 24.0 Å². The highest BCUT2D eigenvalue weighted by Crippen LogP contribution is 2.15. The maximum absolute atomic E-state index is 4.50. The highest BCUT2D eigenvalue weighted by atomic mass is 127. The van der Waals surface area contributed by atoms with E-state index in [9.17, 15) is 0 Å². The van der Waals surface area contributed by atoms with Crippen molar-refractivity contribution in [3.05, 3.63) is 30.3 Å². The van der Waals surface area contributed by atoms with Crippen LogP contribution in [0.3, 0.4) is 0 Å². The fraction of sp³-hybridized carbons (Fsp3) is 0.667. The van der Waals surface area contributed by atoms with Gasteiger partial charge in [0.2, 0.25) is 0 Å². The largest absolute Gasteiger partial charge is 0.368 e. The molecule has 0 unspecified atom stereocenters. The van der Waals surface area contributed by atoms with Crippen LogP contribution in [0.15, 0.2) is 35.3 Å². The van der Waals surface area contributed by atoms with Gasteiger partial charge in [-0.05, 0) is 38.6 Å². The first-order chi connectivity index (χ1) is 13.3. The summed E-state index contributed by atoms with van der Waals surface area (Å²) in [5.74, 6) is 1.06. The Labute approximate surface area is 188 Å². The van der Waals surface area contributed by atoms with Crippen LogP contribution in [-0.2, 0) is 0 Å². The molecular weight excluding hydrogens is 463 g/mol. The number of benzene rings is 1. The van der Waals surface area contributed by atoms with Crippen molar-refractivity contribution in [1.29, 1.82) is 0 Å². The second-order valence-electron chi connectivity index (χ2n) is 7.64. The number of anilines is 1. The summed E-state index contributed by atoms with van der Waals surface area (Å²) in [6, 6.07) is 10.7. The summed E-state index contributed by atoms with van der Waals surface area (Å²) >= 11 is 0. The van der Waals surface area contributed by atoms with E-state index in [0.717, 1.165) is 38.7 Å². The van der Waals surface area contributed by atoms with Crippen molar-refractivity contribution in [2.45, 2.75) is 12.8 Å². The molecule has 6 nitrogen and oxygen atoms in total. The smallest absolute Gasteiger partial charge is 0.193 e. The van der Waals surface area contributed by atoms with Gasteiger partial charge in [0.1, 0.15) is 0 Å². The quantitative estimate of drug-likeness (QED) is 0.280. The number of piperazine rings is 2. The van der Waals surface area contributed by atoms with Crippen LogP contribution in [0.25, 0.3) is 0 Å². The number of hydrogen-bond acceptors (Lipinski definition) is 4. The Bertz CT molecular complexity index is 566. The Hall–Kier alpha value is -1.06. The summed E-state index contributed by atoms with van der Waals surface area (Å²) in [6.45, 7) is 11.2. The van der Waals surface area contributed by atoms with Gasteiger partial charge in [-0.15, -0.1) is 24.0 Å². The van der Waals surface area contributed by atoms with Gasteiger partial charge in [-0.3, -0.25) is 4.99 Å². The number of nitrogens with zero attached hydrogens (tertiary/aromatic N) is 5. The van der Waals surface area contributed by atoms with Crippen molar-refractivity contribution < 1.29 is 0 Å². The average molecular weight is 500 g/mol. The monoisotopic (exact) mass is 500 g/mol. The number of aliphatic imine (C=N–C) groups is 1. The van der Waals surface area contributed by atoms with Crippen LogP contribution in [0.4, 0.5) is 5.69 Å². The highest BCUT2D eigenvalue weighted by Gasteiger charge is 2.19. The van der Waals surface area contributed by atoms with E-state index in [2.05, 4.69) is 67.3 Å². The lowest BCUT2D eigenvalue weighted by Crippen LogP contribution is -2.52. The zero-order valence-electron chi connectivity index (χ0n) is 17.5. The lowest BCUT2D eigenvalue weighted by atomic mass is 10.2. The third-order valence-corrected chi connectivity index (χ3v) is 5.69. The minimum atomic E-state index is 0. The molecule has 2 fully saturated rings. The van der Waals surface area contributed by atoms with Crippen molar-refractivity contribution in [2.75, 3.05) is 84.4 Å². The summed E-state index contributed by atoms with van der Waals surface area (Å²) in [5, 5.41) is 3.57.